The molecule has 2 atom stereocenters. The number of nitrogens with zero attached hydrogens (tertiary/aromatic N) is 2. The summed E-state index contributed by atoms with van der Waals surface area (Å²) in [6, 6.07) is 44.2. The molecule has 296 valence electrons. The molecule has 0 saturated heterocycles. The first-order chi connectivity index (χ1) is 28.6. The summed E-state index contributed by atoms with van der Waals surface area (Å²) in [5.41, 5.74) is 21.7. The molecule has 0 amide bonds. The summed E-state index contributed by atoms with van der Waals surface area (Å²) in [5.74, 6) is 0.457. The third kappa shape index (κ3) is 7.50. The van der Waals surface area contributed by atoms with E-state index in [9.17, 15) is 0 Å². The van der Waals surface area contributed by atoms with E-state index in [0.29, 0.717) is 11.3 Å². The Hall–Kier alpha value is -5.54. The van der Waals surface area contributed by atoms with Gasteiger partial charge in [0.05, 0.1) is 0 Å². The Morgan fingerprint density at radius 2 is 1.49 bits per heavy atom. The van der Waals surface area contributed by atoms with Crippen LogP contribution in [0.2, 0.25) is 0 Å². The molecule has 0 saturated carbocycles. The normalized spacial score (nSPS) is 16.9. The van der Waals surface area contributed by atoms with Crippen molar-refractivity contribution < 1.29 is 0 Å². The quantitative estimate of drug-likeness (QED) is 0.159. The number of hydrogen-bond acceptors (Lipinski definition) is 2. The Kier molecular flexibility index (Phi) is 10.5. The lowest BCUT2D eigenvalue weighted by Gasteiger charge is -2.49. The predicted octanol–water partition coefficient (Wildman–Crippen LogP) is 13.8. The van der Waals surface area contributed by atoms with Gasteiger partial charge in [-0.15, -0.1) is 0 Å². The van der Waals surface area contributed by atoms with E-state index in [4.69, 9.17) is 0 Å². The van der Waals surface area contributed by atoms with Crippen LogP contribution in [-0.2, 0) is 6.42 Å². The summed E-state index contributed by atoms with van der Waals surface area (Å²) in [6.07, 6.45) is 18.8. The second-order valence-electron chi connectivity index (χ2n) is 18.8. The van der Waals surface area contributed by atoms with Gasteiger partial charge in [0.25, 0.3) is 0 Å². The van der Waals surface area contributed by atoms with Crippen LogP contribution in [0.15, 0.2) is 140 Å². The van der Waals surface area contributed by atoms with Gasteiger partial charge in [0.2, 0.25) is 0 Å². The Bertz CT molecular complexity index is 2570. The highest BCUT2D eigenvalue weighted by Gasteiger charge is 2.47. The summed E-state index contributed by atoms with van der Waals surface area (Å²) in [7, 11) is 0. The van der Waals surface area contributed by atoms with Gasteiger partial charge in [-0.25, -0.2) is 0 Å². The molecule has 9 rings (SSSR count). The van der Waals surface area contributed by atoms with Gasteiger partial charge in [-0.3, -0.25) is 0 Å². The zero-order chi connectivity index (χ0) is 40.8. The average Bonchev–Trinajstić information content (AvgIpc) is 3.49. The van der Waals surface area contributed by atoms with Gasteiger partial charge >= 0.3 is 6.85 Å². The van der Waals surface area contributed by atoms with Gasteiger partial charge in [-0.05, 0) is 144 Å². The molecule has 59 heavy (non-hydrogen) atoms. The summed E-state index contributed by atoms with van der Waals surface area (Å²) in [4.78, 5) is 5.49. The Morgan fingerprint density at radius 1 is 0.729 bits per heavy atom. The van der Waals surface area contributed by atoms with E-state index in [0.717, 1.165) is 25.7 Å². The van der Waals surface area contributed by atoms with E-state index in [1.165, 1.54) is 102 Å². The summed E-state index contributed by atoms with van der Waals surface area (Å²) in [5, 5.41) is 0. The van der Waals surface area contributed by atoms with Crippen LogP contribution in [0, 0.1) is 26.2 Å². The van der Waals surface area contributed by atoms with Gasteiger partial charge in [-0.1, -0.05) is 155 Å². The molecule has 2 heterocycles. The molecule has 5 aromatic carbocycles. The highest BCUT2D eigenvalue weighted by atomic mass is 15.2. The smallest absolute Gasteiger partial charge is 0.328 e. The maximum atomic E-state index is 2.85. The van der Waals surface area contributed by atoms with Crippen molar-refractivity contribution in [1.29, 1.82) is 0 Å². The number of aryl methyl sites for hydroxylation is 4. The second-order valence-corrected chi connectivity index (χ2v) is 18.8. The third-order valence-corrected chi connectivity index (χ3v) is 13.1. The van der Waals surface area contributed by atoms with E-state index >= 15 is 0 Å². The molecule has 2 nitrogen and oxygen atoms in total. The van der Waals surface area contributed by atoms with Crippen LogP contribution in [-0.4, -0.2) is 12.9 Å². The van der Waals surface area contributed by atoms with Gasteiger partial charge in [0, 0.05) is 39.9 Å². The fourth-order valence-corrected chi connectivity index (χ4v) is 9.99. The number of allylic oxidation sites excluding steroid dienone is 4. The molecule has 5 aromatic rings. The number of fused-ring (bicyclic) bond motifs is 6. The van der Waals surface area contributed by atoms with Crippen LogP contribution in [0.25, 0.3) is 22.8 Å². The zero-order valence-corrected chi connectivity index (χ0v) is 36.2. The first kappa shape index (κ1) is 39.0. The van der Waals surface area contributed by atoms with Crippen molar-refractivity contribution in [1.82, 2.24) is 0 Å². The minimum atomic E-state index is 0.000376. The summed E-state index contributed by atoms with van der Waals surface area (Å²) >= 11 is 0. The molecule has 0 N–H and O–H groups in total. The number of rotatable bonds is 6. The standard InChI is InChI=1S/C56H59BN2/c1-38-18-11-8-9-14-25-50-52(35-38)58(51-37-45(27-26-41(51)4)40(3)32-33-56(5,6)7)53-36-39(2)34-49-48-31-29-44-21-15-16-24-47(44)55(48)59(57(50)54(49)53)46-23-17-22-43(28-30-46)42-19-12-10-13-20-42/h8-14,16,18-20,22,24-31,34-37,40,46H,15,17,21,23,32-33H2,1-7H3. The third-order valence-electron chi connectivity index (χ3n) is 13.1. The largest absolute Gasteiger partial charge is 0.400 e. The molecule has 0 aromatic heterocycles. The van der Waals surface area contributed by atoms with Crippen LogP contribution in [0.4, 0.5) is 22.7 Å². The Balaban J connectivity index is 1.33. The van der Waals surface area contributed by atoms with Crippen molar-refractivity contribution in [3.05, 3.63) is 179 Å². The van der Waals surface area contributed by atoms with Gasteiger partial charge in [-0.2, -0.15) is 0 Å². The molecule has 0 bridgehead atoms. The van der Waals surface area contributed by atoms with E-state index in [2.05, 4.69) is 204 Å². The van der Waals surface area contributed by atoms with E-state index in [1.54, 1.807) is 0 Å². The van der Waals surface area contributed by atoms with Crippen LogP contribution in [0.1, 0.15) is 105 Å². The topological polar surface area (TPSA) is 6.48 Å². The second kappa shape index (κ2) is 15.9. The molecule has 2 aliphatic carbocycles. The molecule has 4 aliphatic rings. The molecular formula is C56H59BN2. The van der Waals surface area contributed by atoms with Gasteiger partial charge in [0.1, 0.15) is 0 Å². The van der Waals surface area contributed by atoms with Crippen molar-refractivity contribution in [2.75, 3.05) is 9.71 Å². The molecule has 3 heteroatoms. The lowest BCUT2D eigenvalue weighted by molar-refractivity contribution is 0.353. The summed E-state index contributed by atoms with van der Waals surface area (Å²) < 4.78 is 0. The average molecular weight is 771 g/mol. The first-order valence-corrected chi connectivity index (χ1v) is 22.1. The first-order valence-electron chi connectivity index (χ1n) is 22.1. The minimum absolute atomic E-state index is 0.000376. The van der Waals surface area contributed by atoms with Crippen molar-refractivity contribution in [2.24, 2.45) is 5.41 Å². The maximum absolute atomic E-state index is 2.85. The van der Waals surface area contributed by atoms with Gasteiger partial charge < -0.3 is 9.71 Å². The predicted molar refractivity (Wildman–Crippen MR) is 257 cm³/mol. The van der Waals surface area contributed by atoms with E-state index < -0.39 is 0 Å². The molecule has 0 spiro atoms. The number of anilines is 4. The Morgan fingerprint density at radius 3 is 2.31 bits per heavy atom. The highest BCUT2D eigenvalue weighted by Crippen LogP contribution is 2.49. The molecule has 0 fully saturated rings. The molecule has 2 aliphatic heterocycles. The lowest BCUT2D eigenvalue weighted by Crippen LogP contribution is -2.65. The summed E-state index contributed by atoms with van der Waals surface area (Å²) in [6.45, 7) is 16.4. The molecular weight excluding hydrogens is 711 g/mol. The SMILES string of the molecule is Cc1ccccccc2c(c1)N(c1cc(C(C)CCC(C)(C)C)ccc1C)c1cc(C)cc3c1B2N(C1C=CC(c2ccccc2)=CCC1)c1c-3ccc2c1C=CCC2. The lowest BCUT2D eigenvalue weighted by atomic mass is 9.43. The van der Waals surface area contributed by atoms with Crippen LogP contribution in [0.3, 0.4) is 0 Å². The van der Waals surface area contributed by atoms with E-state index in [1.807, 2.05) is 0 Å². The van der Waals surface area contributed by atoms with Crippen LogP contribution < -0.4 is 20.6 Å². The number of hydrogen-bond donors (Lipinski definition) is 0. The minimum Gasteiger partial charge on any atom is -0.400 e. The van der Waals surface area contributed by atoms with Crippen molar-refractivity contribution in [3.63, 3.8) is 0 Å². The molecule has 0 radical (unpaired) electrons. The zero-order valence-electron chi connectivity index (χ0n) is 36.2. The highest BCUT2D eigenvalue weighted by molar-refractivity contribution is 6.93. The van der Waals surface area contributed by atoms with Crippen molar-refractivity contribution >= 4 is 52.2 Å². The van der Waals surface area contributed by atoms with Gasteiger partial charge in [0.15, 0.2) is 0 Å². The fourth-order valence-electron chi connectivity index (χ4n) is 9.99. The fraction of sp³-hybridized carbons (Fsp3) is 0.286. The van der Waals surface area contributed by atoms with Crippen molar-refractivity contribution in [3.8, 4) is 11.1 Å². The van der Waals surface area contributed by atoms with E-state index in [-0.39, 0.29) is 12.9 Å². The van der Waals surface area contributed by atoms with Crippen LogP contribution >= 0.6 is 0 Å². The maximum Gasteiger partial charge on any atom is 0.328 e. The van der Waals surface area contributed by atoms with Crippen molar-refractivity contribution in [2.45, 2.75) is 99.0 Å². The van der Waals surface area contributed by atoms with Crippen LogP contribution in [0.5, 0.6) is 0 Å². The molecule has 2 unspecified atom stereocenters. The Labute approximate surface area is 354 Å². The number of benzene rings is 4. The monoisotopic (exact) mass is 770 g/mol.